The van der Waals surface area contributed by atoms with Gasteiger partial charge in [-0.3, -0.25) is 14.6 Å². The van der Waals surface area contributed by atoms with Gasteiger partial charge < -0.3 is 14.8 Å². The maximum absolute atomic E-state index is 13.1. The van der Waals surface area contributed by atoms with E-state index in [9.17, 15) is 9.59 Å². The molecule has 1 aliphatic rings. The van der Waals surface area contributed by atoms with Crippen LogP contribution in [0.4, 0.5) is 0 Å². The Labute approximate surface area is 149 Å². The van der Waals surface area contributed by atoms with E-state index in [-0.39, 0.29) is 18.3 Å². The van der Waals surface area contributed by atoms with E-state index >= 15 is 0 Å². The Morgan fingerprint density at radius 3 is 2.68 bits per heavy atom. The van der Waals surface area contributed by atoms with Crippen molar-refractivity contribution in [2.45, 2.75) is 51.5 Å². The van der Waals surface area contributed by atoms with Crippen molar-refractivity contribution in [1.29, 1.82) is 0 Å². The molecule has 6 nitrogen and oxygen atoms in total. The van der Waals surface area contributed by atoms with Crippen LogP contribution in [0.25, 0.3) is 0 Å². The fraction of sp³-hybridized carbons (Fsp3) is 0.632. The van der Waals surface area contributed by atoms with Crippen molar-refractivity contribution < 1.29 is 19.1 Å². The van der Waals surface area contributed by atoms with Gasteiger partial charge in [-0.05, 0) is 38.3 Å². The molecule has 0 saturated heterocycles. The largest absolute Gasteiger partial charge is 0.469 e. The van der Waals surface area contributed by atoms with Gasteiger partial charge in [0.05, 0.1) is 30.7 Å². The highest BCUT2D eigenvalue weighted by Gasteiger charge is 2.41. The van der Waals surface area contributed by atoms with Crippen molar-refractivity contribution in [1.82, 2.24) is 10.3 Å². The van der Waals surface area contributed by atoms with Gasteiger partial charge in [-0.15, -0.1) is 0 Å². The molecule has 6 heteroatoms. The predicted octanol–water partition coefficient (Wildman–Crippen LogP) is 2.79. The Kier molecular flexibility index (Phi) is 7.37. The average molecular weight is 348 g/mol. The zero-order chi connectivity index (χ0) is 18.1. The lowest BCUT2D eigenvalue weighted by molar-refractivity contribution is -0.141. The van der Waals surface area contributed by atoms with Crippen LogP contribution in [0.5, 0.6) is 0 Å². The van der Waals surface area contributed by atoms with E-state index < -0.39 is 11.5 Å². The van der Waals surface area contributed by atoms with Gasteiger partial charge in [-0.1, -0.05) is 18.9 Å². The van der Waals surface area contributed by atoms with E-state index in [4.69, 9.17) is 9.47 Å². The fourth-order valence-corrected chi connectivity index (χ4v) is 3.43. The van der Waals surface area contributed by atoms with Gasteiger partial charge in [-0.25, -0.2) is 0 Å². The minimum Gasteiger partial charge on any atom is -0.469 e. The van der Waals surface area contributed by atoms with Crippen molar-refractivity contribution >= 4 is 11.9 Å². The van der Waals surface area contributed by atoms with E-state index in [1.807, 2.05) is 19.1 Å². The van der Waals surface area contributed by atoms with Crippen LogP contribution >= 0.6 is 0 Å². The number of methoxy groups -OCH3 is 1. The molecule has 1 saturated carbocycles. The highest BCUT2D eigenvalue weighted by Crippen LogP contribution is 2.42. The monoisotopic (exact) mass is 348 g/mol. The Morgan fingerprint density at radius 1 is 1.32 bits per heavy atom. The molecule has 1 N–H and O–H groups in total. The lowest BCUT2D eigenvalue weighted by Gasteiger charge is -2.30. The smallest absolute Gasteiger partial charge is 0.308 e. The van der Waals surface area contributed by atoms with Crippen LogP contribution in [0.15, 0.2) is 24.4 Å². The molecule has 1 fully saturated rings. The summed E-state index contributed by atoms with van der Waals surface area (Å²) in [5.74, 6) is -0.380. The number of hydrogen-bond donors (Lipinski definition) is 1. The van der Waals surface area contributed by atoms with Crippen molar-refractivity contribution in [2.24, 2.45) is 5.41 Å². The van der Waals surface area contributed by atoms with Crippen LogP contribution in [-0.2, 0) is 19.1 Å². The van der Waals surface area contributed by atoms with Crippen LogP contribution in [0.2, 0.25) is 0 Å². The molecule has 0 radical (unpaired) electrons. The maximum atomic E-state index is 13.1. The number of nitrogens with zero attached hydrogens (tertiary/aromatic N) is 1. The van der Waals surface area contributed by atoms with E-state index in [0.29, 0.717) is 25.3 Å². The first-order valence-electron chi connectivity index (χ1n) is 8.98. The molecule has 1 unspecified atom stereocenters. The zero-order valence-electron chi connectivity index (χ0n) is 15.1. The topological polar surface area (TPSA) is 77.5 Å². The molecule has 1 amide bonds. The third-order valence-electron chi connectivity index (χ3n) is 4.92. The first-order chi connectivity index (χ1) is 12.1. The number of hydrogen-bond acceptors (Lipinski definition) is 5. The number of carbonyl (C=O) groups excluding carboxylic acids is 2. The zero-order valence-corrected chi connectivity index (χ0v) is 15.1. The molecular formula is C19H28N2O4. The molecule has 0 spiro atoms. The van der Waals surface area contributed by atoms with Gasteiger partial charge in [0.15, 0.2) is 0 Å². The van der Waals surface area contributed by atoms with Crippen LogP contribution in [-0.4, -0.2) is 37.2 Å². The number of esters is 1. The normalized spacial score (nSPS) is 17.0. The Balaban J connectivity index is 2.12. The standard InChI is InChI=1S/C19H28N2O4/c1-3-25-13-11-19(9-5-6-10-19)18(23)21-16(14-17(22)24-2)15-8-4-7-12-20-15/h4,7-8,12,16H,3,5-6,9-11,13-14H2,1-2H3,(H,21,23). The van der Waals surface area contributed by atoms with Crippen molar-refractivity contribution in [2.75, 3.05) is 20.3 Å². The summed E-state index contributed by atoms with van der Waals surface area (Å²) in [7, 11) is 1.35. The van der Waals surface area contributed by atoms with Gasteiger partial charge in [-0.2, -0.15) is 0 Å². The minimum absolute atomic E-state index is 0.00995. The highest BCUT2D eigenvalue weighted by atomic mass is 16.5. The Bertz CT molecular complexity index is 556. The second-order valence-electron chi connectivity index (χ2n) is 6.50. The van der Waals surface area contributed by atoms with E-state index in [2.05, 4.69) is 10.3 Å². The quantitative estimate of drug-likeness (QED) is 0.548. The SMILES string of the molecule is CCOCCC1(C(=O)NC(CC(=O)OC)c2ccccn2)CCCC1. The summed E-state index contributed by atoms with van der Waals surface area (Å²) in [6, 6.07) is 4.99. The van der Waals surface area contributed by atoms with Crippen LogP contribution in [0.3, 0.4) is 0 Å². The third kappa shape index (κ3) is 5.26. The van der Waals surface area contributed by atoms with Gasteiger partial charge in [0, 0.05) is 19.4 Å². The molecule has 1 aromatic rings. The number of nitrogens with one attached hydrogen (secondary N) is 1. The third-order valence-corrected chi connectivity index (χ3v) is 4.92. The highest BCUT2D eigenvalue weighted by molar-refractivity contribution is 5.84. The second kappa shape index (κ2) is 9.51. The van der Waals surface area contributed by atoms with Crippen molar-refractivity contribution in [3.8, 4) is 0 Å². The summed E-state index contributed by atoms with van der Waals surface area (Å²) < 4.78 is 10.3. The van der Waals surface area contributed by atoms with Crippen molar-refractivity contribution in [3.63, 3.8) is 0 Å². The summed E-state index contributed by atoms with van der Waals surface area (Å²) >= 11 is 0. The van der Waals surface area contributed by atoms with Gasteiger partial charge in [0.2, 0.25) is 5.91 Å². The number of amides is 1. The molecule has 2 rings (SSSR count). The Hall–Kier alpha value is -1.95. The van der Waals surface area contributed by atoms with Gasteiger partial charge in [0.25, 0.3) is 0 Å². The summed E-state index contributed by atoms with van der Waals surface area (Å²) in [5, 5.41) is 3.05. The number of carbonyl (C=O) groups is 2. The summed E-state index contributed by atoms with van der Waals surface area (Å²) in [6.07, 6.45) is 6.25. The first kappa shape index (κ1) is 19.4. The van der Waals surface area contributed by atoms with Crippen LogP contribution in [0.1, 0.15) is 57.2 Å². The van der Waals surface area contributed by atoms with E-state index in [0.717, 1.165) is 25.7 Å². The molecule has 1 atom stereocenters. The molecule has 1 heterocycles. The molecular weight excluding hydrogens is 320 g/mol. The summed E-state index contributed by atoms with van der Waals surface area (Å²) in [5.41, 5.74) is 0.261. The van der Waals surface area contributed by atoms with Crippen LogP contribution < -0.4 is 5.32 Å². The minimum atomic E-state index is -0.481. The molecule has 0 aromatic carbocycles. The van der Waals surface area contributed by atoms with E-state index in [1.54, 1.807) is 12.3 Å². The lowest BCUT2D eigenvalue weighted by Crippen LogP contribution is -2.42. The predicted molar refractivity (Wildman–Crippen MR) is 93.8 cm³/mol. The Morgan fingerprint density at radius 2 is 2.08 bits per heavy atom. The number of rotatable bonds is 9. The fourth-order valence-electron chi connectivity index (χ4n) is 3.43. The molecule has 0 bridgehead atoms. The van der Waals surface area contributed by atoms with E-state index in [1.165, 1.54) is 7.11 Å². The number of pyridine rings is 1. The van der Waals surface area contributed by atoms with Crippen molar-refractivity contribution in [3.05, 3.63) is 30.1 Å². The number of ether oxygens (including phenoxy) is 2. The van der Waals surface area contributed by atoms with Crippen LogP contribution in [0, 0.1) is 5.41 Å². The lowest BCUT2D eigenvalue weighted by atomic mass is 9.81. The first-order valence-corrected chi connectivity index (χ1v) is 8.98. The summed E-state index contributed by atoms with van der Waals surface area (Å²) in [6.45, 7) is 3.18. The van der Waals surface area contributed by atoms with Gasteiger partial charge >= 0.3 is 5.97 Å². The second-order valence-corrected chi connectivity index (χ2v) is 6.50. The molecule has 25 heavy (non-hydrogen) atoms. The number of aromatic nitrogens is 1. The molecule has 0 aliphatic heterocycles. The molecule has 1 aromatic heterocycles. The maximum Gasteiger partial charge on any atom is 0.308 e. The molecule has 1 aliphatic carbocycles. The average Bonchev–Trinajstić information content (AvgIpc) is 3.12. The molecule has 138 valence electrons. The summed E-state index contributed by atoms with van der Waals surface area (Å²) in [4.78, 5) is 29.1. The van der Waals surface area contributed by atoms with Gasteiger partial charge in [0.1, 0.15) is 0 Å².